The van der Waals surface area contributed by atoms with Crippen LogP contribution in [-0.4, -0.2) is 27.5 Å². The van der Waals surface area contributed by atoms with Crippen LogP contribution in [0, 0.1) is 12.8 Å². The average Bonchev–Trinajstić information content (AvgIpc) is 2.81. The van der Waals surface area contributed by atoms with Crippen LogP contribution in [0.25, 0.3) is 5.69 Å². The topological polar surface area (TPSA) is 64.3 Å². The van der Waals surface area contributed by atoms with E-state index in [2.05, 4.69) is 5.10 Å². The van der Waals surface area contributed by atoms with E-state index in [1.165, 1.54) is 0 Å². The van der Waals surface area contributed by atoms with E-state index >= 15 is 0 Å². The molecule has 0 bridgehead atoms. The summed E-state index contributed by atoms with van der Waals surface area (Å²) >= 11 is 0. The monoisotopic (exact) mass is 288 g/mol. The Kier molecular flexibility index (Phi) is 4.62. The minimum Gasteiger partial charge on any atom is -0.508 e. The summed E-state index contributed by atoms with van der Waals surface area (Å²) in [5.74, 6) is -0.157. The van der Waals surface area contributed by atoms with Crippen molar-refractivity contribution in [2.24, 2.45) is 5.92 Å². The predicted octanol–water partition coefficient (Wildman–Crippen LogP) is 2.63. The lowest BCUT2D eigenvalue weighted by molar-refractivity contribution is -0.147. The highest BCUT2D eigenvalue weighted by atomic mass is 16.5. The van der Waals surface area contributed by atoms with Crippen LogP contribution in [0.1, 0.15) is 25.1 Å². The number of esters is 1. The Hall–Kier alpha value is -2.30. The summed E-state index contributed by atoms with van der Waals surface area (Å²) in [6.07, 6.45) is 2.38. The van der Waals surface area contributed by atoms with E-state index in [0.717, 1.165) is 16.9 Å². The van der Waals surface area contributed by atoms with Gasteiger partial charge in [0.05, 0.1) is 24.4 Å². The first-order valence-corrected chi connectivity index (χ1v) is 7.02. The summed E-state index contributed by atoms with van der Waals surface area (Å²) in [6.45, 7) is 6.02. The Morgan fingerprint density at radius 2 is 2.05 bits per heavy atom. The second kappa shape index (κ2) is 6.43. The van der Waals surface area contributed by atoms with Gasteiger partial charge in [-0.05, 0) is 50.1 Å². The Morgan fingerprint density at radius 3 is 2.67 bits per heavy atom. The van der Waals surface area contributed by atoms with Crippen LogP contribution in [0.3, 0.4) is 0 Å². The molecule has 0 spiro atoms. The second-order valence-corrected chi connectivity index (χ2v) is 5.04. The minimum absolute atomic E-state index is 0.186. The lowest BCUT2D eigenvalue weighted by Crippen LogP contribution is -2.17. The highest BCUT2D eigenvalue weighted by molar-refractivity contribution is 5.72. The first-order chi connectivity index (χ1) is 10.0. The number of rotatable bonds is 5. The zero-order valence-corrected chi connectivity index (χ0v) is 12.5. The van der Waals surface area contributed by atoms with E-state index in [-0.39, 0.29) is 17.6 Å². The molecular formula is C16H20N2O3. The van der Waals surface area contributed by atoms with Gasteiger partial charge in [0.15, 0.2) is 0 Å². The van der Waals surface area contributed by atoms with Gasteiger partial charge in [-0.2, -0.15) is 5.10 Å². The van der Waals surface area contributed by atoms with Crippen molar-refractivity contribution in [3.05, 3.63) is 41.7 Å². The van der Waals surface area contributed by atoms with Gasteiger partial charge in [0.25, 0.3) is 0 Å². The van der Waals surface area contributed by atoms with Crippen LogP contribution in [0.2, 0.25) is 0 Å². The van der Waals surface area contributed by atoms with Crippen molar-refractivity contribution in [3.63, 3.8) is 0 Å². The molecule has 21 heavy (non-hydrogen) atoms. The number of ether oxygens (including phenoxy) is 1. The number of aromatic hydroxyl groups is 1. The molecule has 0 aliphatic heterocycles. The van der Waals surface area contributed by atoms with Gasteiger partial charge in [0.2, 0.25) is 0 Å². The van der Waals surface area contributed by atoms with Gasteiger partial charge < -0.3 is 9.84 Å². The molecule has 1 atom stereocenters. The number of hydrogen-bond donors (Lipinski definition) is 1. The number of nitrogens with zero attached hydrogens (tertiary/aromatic N) is 2. The summed E-state index contributed by atoms with van der Waals surface area (Å²) in [7, 11) is 0. The molecule has 1 heterocycles. The lowest BCUT2D eigenvalue weighted by atomic mass is 10.0. The van der Waals surface area contributed by atoms with Gasteiger partial charge in [-0.15, -0.1) is 0 Å². The fourth-order valence-electron chi connectivity index (χ4n) is 2.20. The summed E-state index contributed by atoms with van der Waals surface area (Å²) in [4.78, 5) is 11.7. The van der Waals surface area contributed by atoms with E-state index in [9.17, 15) is 9.90 Å². The third-order valence-corrected chi connectivity index (χ3v) is 3.42. The second-order valence-electron chi connectivity index (χ2n) is 5.04. The average molecular weight is 288 g/mol. The number of phenols is 1. The van der Waals surface area contributed by atoms with Gasteiger partial charge in [-0.3, -0.25) is 4.79 Å². The van der Waals surface area contributed by atoms with Crippen LogP contribution in [-0.2, 0) is 16.0 Å². The predicted molar refractivity (Wildman–Crippen MR) is 79.5 cm³/mol. The van der Waals surface area contributed by atoms with Gasteiger partial charge in [0, 0.05) is 5.69 Å². The molecular weight excluding hydrogens is 268 g/mol. The van der Waals surface area contributed by atoms with E-state index < -0.39 is 0 Å². The Labute approximate surface area is 124 Å². The number of hydrogen-bond acceptors (Lipinski definition) is 4. The first-order valence-electron chi connectivity index (χ1n) is 7.02. The van der Waals surface area contributed by atoms with Crippen molar-refractivity contribution in [3.8, 4) is 11.4 Å². The standard InChI is InChI=1S/C16H20N2O3/c1-4-21-16(20)11(2)9-13-10-17-18(12(13)3)14-5-7-15(19)8-6-14/h5-8,10-11,19H,4,9H2,1-3H3/t11-/m1/s1. The maximum atomic E-state index is 11.7. The summed E-state index contributed by atoms with van der Waals surface area (Å²) in [6, 6.07) is 6.84. The molecule has 0 radical (unpaired) electrons. The summed E-state index contributed by atoms with van der Waals surface area (Å²) < 4.78 is 6.82. The van der Waals surface area contributed by atoms with Gasteiger partial charge in [-0.1, -0.05) is 6.92 Å². The Bertz CT molecular complexity index is 617. The quantitative estimate of drug-likeness (QED) is 0.859. The third kappa shape index (κ3) is 3.42. The Morgan fingerprint density at radius 1 is 1.38 bits per heavy atom. The van der Waals surface area contributed by atoms with Crippen molar-refractivity contribution < 1.29 is 14.6 Å². The molecule has 5 heteroatoms. The van der Waals surface area contributed by atoms with Crippen molar-refractivity contribution in [2.75, 3.05) is 6.61 Å². The van der Waals surface area contributed by atoms with Crippen molar-refractivity contribution in [1.29, 1.82) is 0 Å². The van der Waals surface area contributed by atoms with E-state index in [0.29, 0.717) is 13.0 Å². The fourth-order valence-corrected chi connectivity index (χ4v) is 2.20. The van der Waals surface area contributed by atoms with Crippen LogP contribution in [0.15, 0.2) is 30.5 Å². The number of aromatic nitrogens is 2. The molecule has 0 fully saturated rings. The number of benzene rings is 1. The lowest BCUT2D eigenvalue weighted by Gasteiger charge is -2.10. The number of carbonyl (C=O) groups excluding carboxylic acids is 1. The zero-order chi connectivity index (χ0) is 15.4. The largest absolute Gasteiger partial charge is 0.508 e. The van der Waals surface area contributed by atoms with Crippen LogP contribution in [0.5, 0.6) is 5.75 Å². The smallest absolute Gasteiger partial charge is 0.308 e. The molecule has 1 N–H and O–H groups in total. The molecule has 0 aliphatic carbocycles. The maximum absolute atomic E-state index is 11.7. The minimum atomic E-state index is -0.193. The molecule has 0 aliphatic rings. The zero-order valence-electron chi connectivity index (χ0n) is 12.5. The highest BCUT2D eigenvalue weighted by Gasteiger charge is 2.18. The van der Waals surface area contributed by atoms with Gasteiger partial charge >= 0.3 is 5.97 Å². The molecule has 0 unspecified atom stereocenters. The SMILES string of the molecule is CCOC(=O)[C@H](C)Cc1cnn(-c2ccc(O)cc2)c1C. The third-order valence-electron chi connectivity index (χ3n) is 3.42. The van der Waals surface area contributed by atoms with E-state index in [1.807, 2.05) is 13.8 Å². The molecule has 0 amide bonds. The van der Waals surface area contributed by atoms with E-state index in [1.54, 1.807) is 42.1 Å². The van der Waals surface area contributed by atoms with Gasteiger partial charge in [-0.25, -0.2) is 4.68 Å². The Balaban J connectivity index is 2.17. The normalized spacial score (nSPS) is 12.1. The first kappa shape index (κ1) is 15.1. The van der Waals surface area contributed by atoms with Crippen LogP contribution >= 0.6 is 0 Å². The number of carbonyl (C=O) groups is 1. The van der Waals surface area contributed by atoms with Gasteiger partial charge in [0.1, 0.15) is 5.75 Å². The molecule has 2 aromatic rings. The van der Waals surface area contributed by atoms with E-state index in [4.69, 9.17) is 4.74 Å². The van der Waals surface area contributed by atoms with Crippen LogP contribution < -0.4 is 0 Å². The molecule has 112 valence electrons. The van der Waals surface area contributed by atoms with Crippen molar-refractivity contribution in [2.45, 2.75) is 27.2 Å². The number of phenolic OH excluding ortho intramolecular Hbond substituents is 1. The summed E-state index contributed by atoms with van der Waals surface area (Å²) in [5, 5.41) is 13.7. The highest BCUT2D eigenvalue weighted by Crippen LogP contribution is 2.19. The summed E-state index contributed by atoms with van der Waals surface area (Å²) in [5.41, 5.74) is 2.88. The molecule has 0 saturated heterocycles. The molecule has 0 saturated carbocycles. The maximum Gasteiger partial charge on any atom is 0.308 e. The fraction of sp³-hybridized carbons (Fsp3) is 0.375. The van der Waals surface area contributed by atoms with Crippen molar-refractivity contribution >= 4 is 5.97 Å². The molecule has 5 nitrogen and oxygen atoms in total. The van der Waals surface area contributed by atoms with Crippen LogP contribution in [0.4, 0.5) is 0 Å². The van der Waals surface area contributed by atoms with Crippen molar-refractivity contribution in [1.82, 2.24) is 9.78 Å². The molecule has 2 rings (SSSR count). The molecule has 1 aromatic heterocycles. The molecule has 1 aromatic carbocycles.